The van der Waals surface area contributed by atoms with Crippen molar-refractivity contribution in [2.45, 2.75) is 26.4 Å². The fourth-order valence-electron chi connectivity index (χ4n) is 1.35. The summed E-state index contributed by atoms with van der Waals surface area (Å²) in [4.78, 5) is 15.6. The highest BCUT2D eigenvalue weighted by molar-refractivity contribution is 5.75. The molecular weight excluding hydrogens is 236 g/mol. The topological polar surface area (TPSA) is 112 Å². The van der Waals surface area contributed by atoms with Crippen LogP contribution in [0.2, 0.25) is 0 Å². The molecule has 0 fully saturated rings. The summed E-state index contributed by atoms with van der Waals surface area (Å²) >= 11 is 0. The number of amides is 1. The van der Waals surface area contributed by atoms with E-state index >= 15 is 0 Å². The van der Waals surface area contributed by atoms with Crippen LogP contribution in [-0.4, -0.2) is 25.8 Å². The predicted molar refractivity (Wildman–Crippen MR) is 62.2 cm³/mol. The second kappa shape index (κ2) is 5.30. The number of aryl methyl sites for hydroxylation is 1. The largest absolute Gasteiger partial charge is 0.396 e. The van der Waals surface area contributed by atoms with Crippen molar-refractivity contribution >= 4 is 11.6 Å². The molecule has 18 heavy (non-hydrogen) atoms. The highest BCUT2D eigenvalue weighted by Crippen LogP contribution is 1.99. The molecule has 2 rings (SSSR count). The summed E-state index contributed by atoms with van der Waals surface area (Å²) in [7, 11) is 0. The molecule has 0 aromatic carbocycles. The highest BCUT2D eigenvalue weighted by Gasteiger charge is 2.07. The molecule has 2 aromatic rings. The Morgan fingerprint density at radius 2 is 2.44 bits per heavy atom. The lowest BCUT2D eigenvalue weighted by Gasteiger charge is -2.02. The van der Waals surface area contributed by atoms with Gasteiger partial charge < -0.3 is 15.6 Å². The summed E-state index contributed by atoms with van der Waals surface area (Å²) in [6.07, 6.45) is 3.75. The van der Waals surface area contributed by atoms with E-state index in [1.54, 1.807) is 6.20 Å². The minimum absolute atomic E-state index is 0.107. The van der Waals surface area contributed by atoms with Gasteiger partial charge in [-0.25, -0.2) is 0 Å². The number of rotatable bonds is 5. The Balaban J connectivity index is 1.81. The standard InChI is InChI=1S/C10H14N6O2/c1-2-10-14-8(15-18-10)4-12-9(17)6-16-5-7(11)3-13-16/h3,5H,2,4,6,11H2,1H3,(H,12,17). The zero-order chi connectivity index (χ0) is 13.0. The molecule has 0 saturated heterocycles. The number of nitrogens with one attached hydrogen (secondary N) is 1. The van der Waals surface area contributed by atoms with Gasteiger partial charge >= 0.3 is 0 Å². The van der Waals surface area contributed by atoms with E-state index < -0.39 is 0 Å². The van der Waals surface area contributed by atoms with Crippen molar-refractivity contribution in [3.63, 3.8) is 0 Å². The van der Waals surface area contributed by atoms with Crippen LogP contribution in [0.25, 0.3) is 0 Å². The second-order valence-corrected chi connectivity index (χ2v) is 3.71. The van der Waals surface area contributed by atoms with Gasteiger partial charge in [0.25, 0.3) is 0 Å². The first kappa shape index (κ1) is 12.1. The summed E-state index contributed by atoms with van der Waals surface area (Å²) < 4.78 is 6.38. The van der Waals surface area contributed by atoms with Crippen molar-refractivity contribution in [2.75, 3.05) is 5.73 Å². The monoisotopic (exact) mass is 250 g/mol. The molecule has 8 nitrogen and oxygen atoms in total. The molecule has 0 atom stereocenters. The first-order valence-corrected chi connectivity index (χ1v) is 5.53. The Labute approximate surface area is 103 Å². The van der Waals surface area contributed by atoms with E-state index in [-0.39, 0.29) is 19.0 Å². The van der Waals surface area contributed by atoms with Crippen LogP contribution in [0.5, 0.6) is 0 Å². The van der Waals surface area contributed by atoms with E-state index in [1.807, 2.05) is 6.92 Å². The van der Waals surface area contributed by atoms with Gasteiger partial charge in [0.2, 0.25) is 11.8 Å². The van der Waals surface area contributed by atoms with E-state index in [2.05, 4.69) is 20.6 Å². The summed E-state index contributed by atoms with van der Waals surface area (Å²) in [6, 6.07) is 0. The Morgan fingerprint density at radius 1 is 1.61 bits per heavy atom. The smallest absolute Gasteiger partial charge is 0.242 e. The van der Waals surface area contributed by atoms with Gasteiger partial charge in [-0.1, -0.05) is 12.1 Å². The maximum atomic E-state index is 11.6. The van der Waals surface area contributed by atoms with Crippen LogP contribution in [0.4, 0.5) is 5.69 Å². The summed E-state index contributed by atoms with van der Waals surface area (Å²) in [5.74, 6) is 0.820. The van der Waals surface area contributed by atoms with Crippen LogP contribution < -0.4 is 11.1 Å². The van der Waals surface area contributed by atoms with Crippen molar-refractivity contribution in [1.82, 2.24) is 25.2 Å². The maximum Gasteiger partial charge on any atom is 0.242 e. The number of nitrogens with two attached hydrogens (primary N) is 1. The molecule has 0 saturated carbocycles. The number of anilines is 1. The number of carbonyl (C=O) groups is 1. The average molecular weight is 250 g/mol. The Bertz CT molecular complexity index is 532. The predicted octanol–water partition coefficient (Wildman–Crippen LogP) is -0.273. The summed E-state index contributed by atoms with van der Waals surface area (Å²) in [5.41, 5.74) is 6.01. The normalized spacial score (nSPS) is 10.5. The SMILES string of the molecule is CCc1nc(CNC(=O)Cn2cc(N)cn2)no1. The number of nitrogens with zero attached hydrogens (tertiary/aromatic N) is 4. The lowest BCUT2D eigenvalue weighted by atomic mass is 10.5. The number of nitrogen functional groups attached to an aromatic ring is 1. The molecular formula is C10H14N6O2. The zero-order valence-corrected chi connectivity index (χ0v) is 9.96. The molecule has 0 unspecified atom stereocenters. The molecule has 1 amide bonds. The lowest BCUT2D eigenvalue weighted by molar-refractivity contribution is -0.122. The molecule has 96 valence electrons. The Kier molecular flexibility index (Phi) is 3.56. The Morgan fingerprint density at radius 3 is 3.06 bits per heavy atom. The average Bonchev–Trinajstić information content (AvgIpc) is 2.95. The summed E-state index contributed by atoms with van der Waals surface area (Å²) in [5, 5.41) is 10.3. The van der Waals surface area contributed by atoms with Gasteiger partial charge in [-0.05, 0) is 0 Å². The van der Waals surface area contributed by atoms with E-state index in [0.29, 0.717) is 23.8 Å². The lowest BCUT2D eigenvalue weighted by Crippen LogP contribution is -2.27. The third kappa shape index (κ3) is 3.06. The quantitative estimate of drug-likeness (QED) is 0.755. The highest BCUT2D eigenvalue weighted by atomic mass is 16.5. The van der Waals surface area contributed by atoms with Gasteiger partial charge in [0.15, 0.2) is 5.82 Å². The van der Waals surface area contributed by atoms with Gasteiger partial charge in [0.05, 0.1) is 18.4 Å². The number of hydrogen-bond acceptors (Lipinski definition) is 6. The molecule has 3 N–H and O–H groups in total. The molecule has 0 radical (unpaired) electrons. The van der Waals surface area contributed by atoms with Crippen molar-refractivity contribution in [2.24, 2.45) is 0 Å². The molecule has 8 heteroatoms. The summed E-state index contributed by atoms with van der Waals surface area (Å²) in [6.45, 7) is 2.26. The van der Waals surface area contributed by atoms with Crippen LogP contribution in [0, 0.1) is 0 Å². The van der Waals surface area contributed by atoms with Crippen LogP contribution in [0.3, 0.4) is 0 Å². The fourth-order valence-corrected chi connectivity index (χ4v) is 1.35. The van der Waals surface area contributed by atoms with Gasteiger partial charge in [-0.2, -0.15) is 10.1 Å². The maximum absolute atomic E-state index is 11.6. The van der Waals surface area contributed by atoms with E-state index in [4.69, 9.17) is 10.3 Å². The third-order valence-corrected chi connectivity index (χ3v) is 2.22. The first-order valence-electron chi connectivity index (χ1n) is 5.53. The van der Waals surface area contributed by atoms with Gasteiger partial charge in [-0.15, -0.1) is 0 Å². The number of carbonyl (C=O) groups excluding carboxylic acids is 1. The second-order valence-electron chi connectivity index (χ2n) is 3.71. The third-order valence-electron chi connectivity index (χ3n) is 2.22. The van der Waals surface area contributed by atoms with E-state index in [0.717, 1.165) is 0 Å². The molecule has 0 aliphatic heterocycles. The first-order chi connectivity index (χ1) is 8.67. The Hall–Kier alpha value is -2.38. The van der Waals surface area contributed by atoms with Gasteiger partial charge in [-0.3, -0.25) is 9.48 Å². The fraction of sp³-hybridized carbons (Fsp3) is 0.400. The number of hydrogen-bond donors (Lipinski definition) is 2. The molecule has 0 aliphatic carbocycles. The molecule has 2 heterocycles. The van der Waals surface area contributed by atoms with Crippen LogP contribution in [0.1, 0.15) is 18.6 Å². The minimum Gasteiger partial charge on any atom is -0.396 e. The van der Waals surface area contributed by atoms with Gasteiger partial charge in [0, 0.05) is 12.6 Å². The van der Waals surface area contributed by atoms with Crippen LogP contribution >= 0.6 is 0 Å². The van der Waals surface area contributed by atoms with Crippen LogP contribution in [0.15, 0.2) is 16.9 Å². The van der Waals surface area contributed by atoms with Crippen molar-refractivity contribution in [1.29, 1.82) is 0 Å². The zero-order valence-electron chi connectivity index (χ0n) is 9.96. The molecule has 0 bridgehead atoms. The van der Waals surface area contributed by atoms with Crippen molar-refractivity contribution in [3.05, 3.63) is 24.1 Å². The van der Waals surface area contributed by atoms with Gasteiger partial charge in [0.1, 0.15) is 6.54 Å². The van der Waals surface area contributed by atoms with Crippen molar-refractivity contribution < 1.29 is 9.32 Å². The molecule has 2 aromatic heterocycles. The molecule has 0 spiro atoms. The minimum atomic E-state index is -0.194. The van der Waals surface area contributed by atoms with Crippen LogP contribution in [-0.2, 0) is 24.3 Å². The molecule has 0 aliphatic rings. The van der Waals surface area contributed by atoms with Crippen molar-refractivity contribution in [3.8, 4) is 0 Å². The van der Waals surface area contributed by atoms with E-state index in [1.165, 1.54) is 10.9 Å². The number of aromatic nitrogens is 4. The van der Waals surface area contributed by atoms with E-state index in [9.17, 15) is 4.79 Å².